The van der Waals surface area contributed by atoms with Gasteiger partial charge in [-0.05, 0) is 28.7 Å². The number of nitrogens with zero attached hydrogens (tertiary/aromatic N) is 1. The number of rotatable bonds is 2. The van der Waals surface area contributed by atoms with Gasteiger partial charge in [0.1, 0.15) is 5.56 Å². The number of ether oxygens (including phenoxy) is 1. The quantitative estimate of drug-likeness (QED) is 0.611. The molecule has 0 amide bonds. The van der Waals surface area contributed by atoms with Gasteiger partial charge in [-0.3, -0.25) is 0 Å². The minimum Gasteiger partial charge on any atom is -0.477 e. The maximum atomic E-state index is 12.4. The number of hydrogen-bond donors (Lipinski definition) is 1. The van der Waals surface area contributed by atoms with Crippen molar-refractivity contribution < 1.29 is 41.0 Å². The third-order valence-corrected chi connectivity index (χ3v) is 2.47. The lowest BCUT2D eigenvalue weighted by Gasteiger charge is -2.14. The van der Waals surface area contributed by atoms with E-state index in [1.807, 2.05) is 0 Å². The Morgan fingerprint density at radius 2 is 1.79 bits per heavy atom. The van der Waals surface area contributed by atoms with Crippen LogP contribution in [0.3, 0.4) is 0 Å². The Kier molecular flexibility index (Phi) is 4.17. The number of pyridine rings is 1. The third-order valence-electron chi connectivity index (χ3n) is 1.65. The second kappa shape index (κ2) is 5.02. The predicted molar refractivity (Wildman–Crippen MR) is 55.6 cm³/mol. The Bertz CT molecular complexity index is 512. The molecule has 0 spiro atoms. The van der Waals surface area contributed by atoms with Crippen molar-refractivity contribution in [1.29, 1.82) is 0 Å². The van der Waals surface area contributed by atoms with Crippen LogP contribution in [0, 0.1) is 3.57 Å². The zero-order chi connectivity index (χ0) is 15.0. The summed E-state index contributed by atoms with van der Waals surface area (Å²) in [6.45, 7) is 0. The second-order valence-corrected chi connectivity index (χ2v) is 4.18. The molecule has 1 aromatic heterocycles. The molecule has 0 bridgehead atoms. The van der Waals surface area contributed by atoms with Crippen LogP contribution in [0.2, 0.25) is 0 Å². The summed E-state index contributed by atoms with van der Waals surface area (Å²) in [5, 5.41) is 8.61. The maximum absolute atomic E-state index is 12.4. The van der Waals surface area contributed by atoms with Crippen LogP contribution in [0.1, 0.15) is 16.1 Å². The van der Waals surface area contributed by atoms with E-state index in [9.17, 15) is 31.1 Å². The van der Waals surface area contributed by atoms with Gasteiger partial charge in [-0.1, -0.05) is 0 Å². The fourth-order valence-electron chi connectivity index (χ4n) is 1.01. The van der Waals surface area contributed by atoms with Crippen LogP contribution in [-0.4, -0.2) is 22.4 Å². The van der Waals surface area contributed by atoms with Crippen molar-refractivity contribution in [3.05, 3.63) is 20.9 Å². The van der Waals surface area contributed by atoms with E-state index in [-0.39, 0.29) is 0 Å². The number of aromatic carboxylic acids is 1. The molecule has 1 N–H and O–H groups in total. The fraction of sp³-hybridized carbons (Fsp3) is 0.250. The number of halogens is 7. The van der Waals surface area contributed by atoms with Gasteiger partial charge in [0.15, 0.2) is 5.69 Å². The number of carbonyl (C=O) groups is 1. The van der Waals surface area contributed by atoms with E-state index in [4.69, 9.17) is 5.11 Å². The summed E-state index contributed by atoms with van der Waals surface area (Å²) in [6, 6.07) is 0.403. The molecule has 0 aromatic carbocycles. The molecule has 106 valence electrons. The van der Waals surface area contributed by atoms with Crippen molar-refractivity contribution in [3.8, 4) is 5.88 Å². The van der Waals surface area contributed by atoms with E-state index in [1.54, 1.807) is 0 Å². The molecule has 19 heavy (non-hydrogen) atoms. The van der Waals surface area contributed by atoms with Crippen LogP contribution < -0.4 is 4.74 Å². The zero-order valence-electron chi connectivity index (χ0n) is 8.43. The highest BCUT2D eigenvalue weighted by atomic mass is 127. The first-order chi connectivity index (χ1) is 8.42. The zero-order valence-corrected chi connectivity index (χ0v) is 10.6. The SMILES string of the molecule is O=C(O)c1cc(I)c(C(F)(F)F)nc1OC(F)(F)F. The lowest BCUT2D eigenvalue weighted by Crippen LogP contribution is -2.22. The summed E-state index contributed by atoms with van der Waals surface area (Å²) in [5.41, 5.74) is -2.77. The first kappa shape index (κ1) is 15.8. The van der Waals surface area contributed by atoms with Gasteiger partial charge in [0, 0.05) is 3.57 Å². The number of carboxylic acids is 1. The van der Waals surface area contributed by atoms with Gasteiger partial charge in [-0.2, -0.15) is 13.2 Å². The largest absolute Gasteiger partial charge is 0.574 e. The van der Waals surface area contributed by atoms with E-state index in [0.717, 1.165) is 22.6 Å². The molecule has 1 heterocycles. The van der Waals surface area contributed by atoms with Crippen molar-refractivity contribution in [3.63, 3.8) is 0 Å². The monoisotopic (exact) mass is 401 g/mol. The first-order valence-electron chi connectivity index (χ1n) is 4.18. The van der Waals surface area contributed by atoms with Crippen LogP contribution in [0.25, 0.3) is 0 Å². The third kappa shape index (κ3) is 4.11. The van der Waals surface area contributed by atoms with E-state index < -0.39 is 39.2 Å². The number of aromatic nitrogens is 1. The Morgan fingerprint density at radius 1 is 1.26 bits per heavy atom. The van der Waals surface area contributed by atoms with Gasteiger partial charge in [-0.25, -0.2) is 9.78 Å². The molecule has 0 fully saturated rings. The van der Waals surface area contributed by atoms with Gasteiger partial charge in [0.25, 0.3) is 0 Å². The van der Waals surface area contributed by atoms with E-state index in [2.05, 4.69) is 9.72 Å². The minimum absolute atomic E-state index is 0.403. The molecule has 0 radical (unpaired) electrons. The summed E-state index contributed by atoms with van der Waals surface area (Å²) in [7, 11) is 0. The maximum Gasteiger partial charge on any atom is 0.574 e. The molecule has 1 aromatic rings. The first-order valence-corrected chi connectivity index (χ1v) is 5.26. The summed E-state index contributed by atoms with van der Waals surface area (Å²) in [4.78, 5) is 13.2. The number of alkyl halides is 6. The molecule has 4 nitrogen and oxygen atoms in total. The summed E-state index contributed by atoms with van der Waals surface area (Å²) in [5.74, 6) is -3.55. The fourth-order valence-corrected chi connectivity index (χ4v) is 1.75. The standard InChI is InChI=1S/C8H2F6INO3/c9-7(10,11)4-3(15)1-2(6(17)18)5(16-4)19-8(12,13)14/h1H,(H,17,18). The van der Waals surface area contributed by atoms with Gasteiger partial charge < -0.3 is 9.84 Å². The van der Waals surface area contributed by atoms with Crippen LogP contribution in [0.5, 0.6) is 5.88 Å². The van der Waals surface area contributed by atoms with Gasteiger partial charge >= 0.3 is 18.5 Å². The Morgan fingerprint density at radius 3 is 2.16 bits per heavy atom. The molecule has 0 aliphatic carbocycles. The van der Waals surface area contributed by atoms with Crippen molar-refractivity contribution in [2.75, 3.05) is 0 Å². The van der Waals surface area contributed by atoms with Crippen LogP contribution >= 0.6 is 22.6 Å². The molecular weight excluding hydrogens is 399 g/mol. The lowest BCUT2D eigenvalue weighted by molar-refractivity contribution is -0.276. The molecule has 0 atom stereocenters. The summed E-state index contributed by atoms with van der Waals surface area (Å²) >= 11 is 1.12. The molecule has 0 aliphatic heterocycles. The molecule has 0 unspecified atom stereocenters. The van der Waals surface area contributed by atoms with Crippen molar-refractivity contribution in [2.24, 2.45) is 0 Å². The van der Waals surface area contributed by atoms with Crippen LogP contribution in [-0.2, 0) is 6.18 Å². The Labute approximate surface area is 114 Å². The van der Waals surface area contributed by atoms with Gasteiger partial charge in [0.2, 0.25) is 5.88 Å². The molecule has 0 saturated heterocycles. The minimum atomic E-state index is -5.35. The Balaban J connectivity index is 3.44. The average Bonchev–Trinajstić information content (AvgIpc) is 2.15. The van der Waals surface area contributed by atoms with E-state index >= 15 is 0 Å². The second-order valence-electron chi connectivity index (χ2n) is 3.02. The predicted octanol–water partition coefficient (Wildman–Crippen LogP) is 3.30. The average molecular weight is 401 g/mol. The summed E-state index contributed by atoms with van der Waals surface area (Å²) < 4.78 is 75.8. The topological polar surface area (TPSA) is 59.4 Å². The van der Waals surface area contributed by atoms with E-state index in [1.165, 1.54) is 0 Å². The van der Waals surface area contributed by atoms with Crippen molar-refractivity contribution >= 4 is 28.6 Å². The smallest absolute Gasteiger partial charge is 0.477 e. The highest BCUT2D eigenvalue weighted by Gasteiger charge is 2.39. The van der Waals surface area contributed by atoms with Gasteiger partial charge in [0.05, 0.1) is 0 Å². The summed E-state index contributed by atoms with van der Waals surface area (Å²) in [6.07, 6.45) is -10.4. The highest BCUT2D eigenvalue weighted by molar-refractivity contribution is 14.1. The molecule has 11 heteroatoms. The molecule has 1 rings (SSSR count). The van der Waals surface area contributed by atoms with Crippen LogP contribution in [0.15, 0.2) is 6.07 Å². The lowest BCUT2D eigenvalue weighted by atomic mass is 10.2. The Hall–Kier alpha value is -1.27. The van der Waals surface area contributed by atoms with E-state index in [0.29, 0.717) is 6.07 Å². The highest BCUT2D eigenvalue weighted by Crippen LogP contribution is 2.35. The normalized spacial score (nSPS) is 12.4. The number of hydrogen-bond acceptors (Lipinski definition) is 3. The molecule has 0 saturated carbocycles. The van der Waals surface area contributed by atoms with Crippen LogP contribution in [0.4, 0.5) is 26.3 Å². The van der Waals surface area contributed by atoms with Crippen molar-refractivity contribution in [1.82, 2.24) is 4.98 Å². The van der Waals surface area contributed by atoms with Gasteiger partial charge in [-0.15, -0.1) is 13.2 Å². The number of carboxylic acid groups (broad SMARTS) is 1. The van der Waals surface area contributed by atoms with Crippen molar-refractivity contribution in [2.45, 2.75) is 12.5 Å². The molecular formula is C8H2F6INO3. The molecule has 0 aliphatic rings.